The first-order chi connectivity index (χ1) is 15.2. The van der Waals surface area contributed by atoms with E-state index in [0.717, 1.165) is 22.8 Å². The molecule has 162 valence electrons. The molecule has 0 saturated carbocycles. The van der Waals surface area contributed by atoms with Gasteiger partial charge in [-0.1, -0.05) is 24.3 Å². The minimum absolute atomic E-state index is 0.0799. The number of amides is 1. The third kappa shape index (κ3) is 4.31. The number of benzene rings is 2. The normalized spacial score (nSPS) is 11.4. The van der Waals surface area contributed by atoms with Crippen LogP contribution in [0.1, 0.15) is 21.5 Å². The highest BCUT2D eigenvalue weighted by atomic mass is 32.2. The van der Waals surface area contributed by atoms with Gasteiger partial charge >= 0.3 is 0 Å². The van der Waals surface area contributed by atoms with Gasteiger partial charge in [-0.05, 0) is 54.4 Å². The predicted molar refractivity (Wildman–Crippen MR) is 125 cm³/mol. The molecule has 0 bridgehead atoms. The van der Waals surface area contributed by atoms with E-state index in [4.69, 9.17) is 5.73 Å². The summed E-state index contributed by atoms with van der Waals surface area (Å²) in [4.78, 5) is 23.4. The Labute approximate surface area is 186 Å². The molecule has 0 aliphatic carbocycles. The van der Waals surface area contributed by atoms with Gasteiger partial charge in [0.25, 0.3) is 5.91 Å². The Balaban J connectivity index is 1.84. The SMILES string of the molecule is Cc1cc(N)nc2cc(CN(C(=O)c3cccnc3)c3ccccc3S(C)(=O)=O)ccc12. The maximum absolute atomic E-state index is 13.5. The van der Waals surface area contributed by atoms with Gasteiger partial charge in [0.1, 0.15) is 5.82 Å². The topological polar surface area (TPSA) is 106 Å². The first kappa shape index (κ1) is 21.5. The zero-order valence-corrected chi connectivity index (χ0v) is 18.5. The number of fused-ring (bicyclic) bond motifs is 1. The Hall–Kier alpha value is -3.78. The average Bonchev–Trinajstić information content (AvgIpc) is 2.76. The Morgan fingerprint density at radius 1 is 1.06 bits per heavy atom. The minimum atomic E-state index is -3.57. The van der Waals surface area contributed by atoms with Crippen LogP contribution in [0.5, 0.6) is 0 Å². The fourth-order valence-electron chi connectivity index (χ4n) is 3.66. The molecule has 2 N–H and O–H groups in total. The zero-order valence-electron chi connectivity index (χ0n) is 17.7. The van der Waals surface area contributed by atoms with E-state index in [1.165, 1.54) is 17.2 Å². The second-order valence-corrected chi connectivity index (χ2v) is 9.57. The number of para-hydroxylation sites is 1. The highest BCUT2D eigenvalue weighted by molar-refractivity contribution is 7.90. The van der Waals surface area contributed by atoms with Gasteiger partial charge in [-0.15, -0.1) is 0 Å². The van der Waals surface area contributed by atoms with Crippen molar-refractivity contribution in [2.24, 2.45) is 0 Å². The number of nitrogens with zero attached hydrogens (tertiary/aromatic N) is 3. The second-order valence-electron chi connectivity index (χ2n) is 7.59. The van der Waals surface area contributed by atoms with Gasteiger partial charge in [-0.3, -0.25) is 9.78 Å². The van der Waals surface area contributed by atoms with Crippen molar-refractivity contribution in [1.82, 2.24) is 9.97 Å². The number of nitrogen functional groups attached to an aromatic ring is 1. The molecular weight excluding hydrogens is 424 g/mol. The van der Waals surface area contributed by atoms with E-state index in [2.05, 4.69) is 9.97 Å². The van der Waals surface area contributed by atoms with Gasteiger partial charge in [-0.25, -0.2) is 13.4 Å². The van der Waals surface area contributed by atoms with Crippen LogP contribution in [-0.4, -0.2) is 30.5 Å². The maximum Gasteiger partial charge on any atom is 0.260 e. The maximum atomic E-state index is 13.5. The Morgan fingerprint density at radius 3 is 2.56 bits per heavy atom. The first-order valence-corrected chi connectivity index (χ1v) is 11.8. The smallest absolute Gasteiger partial charge is 0.260 e. The average molecular weight is 447 g/mol. The molecule has 0 radical (unpaired) electrons. The van der Waals surface area contributed by atoms with Crippen molar-refractivity contribution in [3.63, 3.8) is 0 Å². The Kier molecular flexibility index (Phi) is 5.63. The van der Waals surface area contributed by atoms with Crippen molar-refractivity contribution in [3.8, 4) is 0 Å². The summed E-state index contributed by atoms with van der Waals surface area (Å²) in [7, 11) is -3.57. The van der Waals surface area contributed by atoms with Gasteiger partial charge in [-0.2, -0.15) is 0 Å². The quantitative estimate of drug-likeness (QED) is 0.500. The molecule has 0 fully saturated rings. The molecular formula is C24H22N4O3S. The van der Waals surface area contributed by atoms with Crippen molar-refractivity contribution in [1.29, 1.82) is 0 Å². The van der Waals surface area contributed by atoms with E-state index in [0.29, 0.717) is 22.6 Å². The Morgan fingerprint density at radius 2 is 1.84 bits per heavy atom. The molecule has 7 nitrogen and oxygen atoms in total. The number of carbonyl (C=O) groups excluding carboxylic acids is 1. The number of pyridine rings is 2. The number of rotatable bonds is 5. The lowest BCUT2D eigenvalue weighted by Gasteiger charge is -2.25. The van der Waals surface area contributed by atoms with E-state index in [1.807, 2.05) is 31.2 Å². The second kappa shape index (κ2) is 8.39. The number of sulfone groups is 1. The summed E-state index contributed by atoms with van der Waals surface area (Å²) in [5, 5.41) is 0.963. The van der Waals surface area contributed by atoms with Crippen molar-refractivity contribution >= 4 is 38.2 Å². The fourth-order valence-corrected chi connectivity index (χ4v) is 4.54. The van der Waals surface area contributed by atoms with Gasteiger partial charge in [0.15, 0.2) is 9.84 Å². The standard InChI is InChI=1S/C24H22N4O3S/c1-16-12-23(25)27-20-13-17(9-10-19(16)20)15-28(24(29)18-6-5-11-26-14-18)21-7-3-4-8-22(21)32(2,30)31/h3-14H,15H2,1-2H3,(H2,25,27). The fraction of sp³-hybridized carbons (Fsp3) is 0.125. The summed E-state index contributed by atoms with van der Waals surface area (Å²) < 4.78 is 24.9. The number of aromatic nitrogens is 2. The summed E-state index contributed by atoms with van der Waals surface area (Å²) in [5.41, 5.74) is 9.08. The van der Waals surface area contributed by atoms with Crippen LogP contribution in [0, 0.1) is 6.92 Å². The molecule has 0 spiro atoms. The minimum Gasteiger partial charge on any atom is -0.384 e. The van der Waals surface area contributed by atoms with Crippen LogP contribution in [0.4, 0.5) is 11.5 Å². The molecule has 0 unspecified atom stereocenters. The van der Waals surface area contributed by atoms with Gasteiger partial charge in [0.2, 0.25) is 0 Å². The van der Waals surface area contributed by atoms with Gasteiger partial charge < -0.3 is 10.6 Å². The number of anilines is 2. The van der Waals surface area contributed by atoms with Crippen LogP contribution < -0.4 is 10.6 Å². The lowest BCUT2D eigenvalue weighted by atomic mass is 10.1. The van der Waals surface area contributed by atoms with Crippen LogP contribution in [0.15, 0.2) is 78.0 Å². The van der Waals surface area contributed by atoms with Crippen LogP contribution in [0.3, 0.4) is 0 Å². The van der Waals surface area contributed by atoms with E-state index in [-0.39, 0.29) is 17.3 Å². The Bertz CT molecular complexity index is 1420. The molecule has 8 heteroatoms. The number of carbonyl (C=O) groups is 1. The molecule has 0 saturated heterocycles. The number of hydrogen-bond acceptors (Lipinski definition) is 6. The van der Waals surface area contributed by atoms with Crippen LogP contribution >= 0.6 is 0 Å². The first-order valence-electron chi connectivity index (χ1n) is 9.91. The molecule has 2 aromatic carbocycles. The molecule has 0 atom stereocenters. The summed E-state index contributed by atoms with van der Waals surface area (Å²) >= 11 is 0. The molecule has 4 rings (SSSR count). The van der Waals surface area contributed by atoms with E-state index >= 15 is 0 Å². The summed E-state index contributed by atoms with van der Waals surface area (Å²) in [6, 6.07) is 17.3. The highest BCUT2D eigenvalue weighted by Gasteiger charge is 2.24. The van der Waals surface area contributed by atoms with E-state index in [9.17, 15) is 13.2 Å². The molecule has 4 aromatic rings. The number of aryl methyl sites for hydroxylation is 1. The number of nitrogens with two attached hydrogens (primary N) is 1. The van der Waals surface area contributed by atoms with Crippen LogP contribution in [0.25, 0.3) is 10.9 Å². The van der Waals surface area contributed by atoms with Crippen molar-refractivity contribution in [3.05, 3.63) is 89.7 Å². The lowest BCUT2D eigenvalue weighted by Crippen LogP contribution is -2.31. The largest absolute Gasteiger partial charge is 0.384 e. The zero-order chi connectivity index (χ0) is 22.9. The number of hydrogen-bond donors (Lipinski definition) is 1. The lowest BCUT2D eigenvalue weighted by molar-refractivity contribution is 0.0984. The van der Waals surface area contributed by atoms with Crippen LogP contribution in [-0.2, 0) is 16.4 Å². The van der Waals surface area contributed by atoms with Crippen molar-refractivity contribution in [2.45, 2.75) is 18.4 Å². The van der Waals surface area contributed by atoms with E-state index in [1.54, 1.807) is 36.5 Å². The summed E-state index contributed by atoms with van der Waals surface area (Å²) in [5.74, 6) is 0.0591. The third-order valence-electron chi connectivity index (χ3n) is 5.15. The molecule has 2 aromatic heterocycles. The van der Waals surface area contributed by atoms with Crippen LogP contribution in [0.2, 0.25) is 0 Å². The van der Waals surface area contributed by atoms with Crippen molar-refractivity contribution < 1.29 is 13.2 Å². The summed E-state index contributed by atoms with van der Waals surface area (Å²) in [6.07, 6.45) is 4.17. The van der Waals surface area contributed by atoms with Gasteiger partial charge in [0.05, 0.1) is 28.2 Å². The summed E-state index contributed by atoms with van der Waals surface area (Å²) in [6.45, 7) is 2.10. The van der Waals surface area contributed by atoms with Gasteiger partial charge in [0, 0.05) is 24.0 Å². The van der Waals surface area contributed by atoms with Crippen molar-refractivity contribution in [2.75, 3.05) is 16.9 Å². The highest BCUT2D eigenvalue weighted by Crippen LogP contribution is 2.29. The predicted octanol–water partition coefficient (Wildman–Crippen LogP) is 3.77. The molecule has 1 amide bonds. The third-order valence-corrected chi connectivity index (χ3v) is 6.29. The molecule has 0 aliphatic heterocycles. The molecule has 0 aliphatic rings. The molecule has 32 heavy (non-hydrogen) atoms. The monoisotopic (exact) mass is 446 g/mol. The van der Waals surface area contributed by atoms with E-state index < -0.39 is 9.84 Å². The molecule has 2 heterocycles.